The van der Waals surface area contributed by atoms with Crippen LogP contribution in [0.4, 0.5) is 5.69 Å². The molecule has 0 aliphatic heterocycles. The van der Waals surface area contributed by atoms with Crippen molar-refractivity contribution in [3.05, 3.63) is 52.6 Å². The van der Waals surface area contributed by atoms with Crippen LogP contribution in [0.1, 0.15) is 34.0 Å². The van der Waals surface area contributed by atoms with Crippen LogP contribution in [0.25, 0.3) is 0 Å². The van der Waals surface area contributed by atoms with Crippen LogP contribution >= 0.6 is 0 Å². The predicted molar refractivity (Wildman–Crippen MR) is 81.6 cm³/mol. The molecule has 0 atom stereocenters. The second kappa shape index (κ2) is 5.68. The highest BCUT2D eigenvalue weighted by atomic mass is 16.5. The molecule has 4 heteroatoms. The highest BCUT2D eigenvalue weighted by molar-refractivity contribution is 5.99. The minimum absolute atomic E-state index is 0.0789. The van der Waals surface area contributed by atoms with E-state index in [1.807, 2.05) is 13.8 Å². The second-order valence-corrected chi connectivity index (χ2v) is 4.96. The molecule has 0 saturated heterocycles. The van der Waals surface area contributed by atoms with Crippen molar-refractivity contribution in [3.8, 4) is 17.6 Å². The van der Waals surface area contributed by atoms with Gasteiger partial charge in [0.25, 0.3) is 0 Å². The minimum atomic E-state index is -0.0789. The normalized spacial score (nSPS) is 10.0. The van der Waals surface area contributed by atoms with Gasteiger partial charge in [-0.3, -0.25) is 4.79 Å². The molecule has 0 aliphatic rings. The summed E-state index contributed by atoms with van der Waals surface area (Å²) in [6, 6.07) is 10.7. The molecule has 4 nitrogen and oxygen atoms in total. The average Bonchev–Trinajstić information content (AvgIpc) is 2.42. The first kappa shape index (κ1) is 14.6. The molecule has 21 heavy (non-hydrogen) atoms. The fourth-order valence-electron chi connectivity index (χ4n) is 2.22. The summed E-state index contributed by atoms with van der Waals surface area (Å²) in [4.78, 5) is 11.4. The van der Waals surface area contributed by atoms with E-state index in [-0.39, 0.29) is 5.78 Å². The summed E-state index contributed by atoms with van der Waals surface area (Å²) in [5.41, 5.74) is 9.08. The summed E-state index contributed by atoms with van der Waals surface area (Å²) in [5, 5.41) is 8.95. The van der Waals surface area contributed by atoms with E-state index in [2.05, 4.69) is 6.07 Å². The summed E-state index contributed by atoms with van der Waals surface area (Å²) >= 11 is 0. The first-order valence-electron chi connectivity index (χ1n) is 6.52. The van der Waals surface area contributed by atoms with Gasteiger partial charge in [-0.05, 0) is 56.2 Å². The largest absolute Gasteiger partial charge is 0.457 e. The molecule has 0 radical (unpaired) electrons. The summed E-state index contributed by atoms with van der Waals surface area (Å²) in [5.74, 6) is 1.18. The van der Waals surface area contributed by atoms with Crippen LogP contribution in [0.15, 0.2) is 30.3 Å². The van der Waals surface area contributed by atoms with Crippen LogP contribution in [-0.4, -0.2) is 5.78 Å². The molecule has 0 aromatic heterocycles. The zero-order valence-electron chi connectivity index (χ0n) is 12.2. The van der Waals surface area contributed by atoms with Gasteiger partial charge in [-0.2, -0.15) is 5.26 Å². The van der Waals surface area contributed by atoms with Gasteiger partial charge in [0, 0.05) is 17.3 Å². The number of anilines is 1. The molecule has 0 bridgehead atoms. The Kier molecular flexibility index (Phi) is 3.95. The van der Waals surface area contributed by atoms with Crippen LogP contribution < -0.4 is 10.5 Å². The van der Waals surface area contributed by atoms with Gasteiger partial charge in [0.2, 0.25) is 0 Å². The zero-order valence-corrected chi connectivity index (χ0v) is 12.2. The topological polar surface area (TPSA) is 76.1 Å². The van der Waals surface area contributed by atoms with Gasteiger partial charge in [-0.1, -0.05) is 0 Å². The standard InChI is InChI=1S/C17H16N2O2/c1-10-6-13(9-18)7-11(2)17(10)21-14-4-5-15(12(3)20)16(19)8-14/h4-8H,19H2,1-3H3. The number of nitrogen functional groups attached to an aromatic ring is 1. The number of nitriles is 1. The lowest BCUT2D eigenvalue weighted by atomic mass is 10.1. The van der Waals surface area contributed by atoms with E-state index >= 15 is 0 Å². The molecule has 0 fully saturated rings. The number of aryl methyl sites for hydroxylation is 2. The van der Waals surface area contributed by atoms with Crippen LogP contribution in [0.2, 0.25) is 0 Å². The molecule has 106 valence electrons. The Morgan fingerprint density at radius 3 is 2.29 bits per heavy atom. The van der Waals surface area contributed by atoms with Crippen LogP contribution in [-0.2, 0) is 0 Å². The van der Waals surface area contributed by atoms with Crippen molar-refractivity contribution < 1.29 is 9.53 Å². The van der Waals surface area contributed by atoms with Gasteiger partial charge >= 0.3 is 0 Å². The van der Waals surface area contributed by atoms with E-state index in [0.29, 0.717) is 28.3 Å². The molecule has 0 heterocycles. The summed E-state index contributed by atoms with van der Waals surface area (Å²) in [7, 11) is 0. The number of carbonyl (C=O) groups excluding carboxylic acids is 1. The van der Waals surface area contributed by atoms with Gasteiger partial charge in [-0.15, -0.1) is 0 Å². The number of Topliss-reactive ketones (excluding diaryl/α,β-unsaturated/α-hetero) is 1. The molecule has 2 aromatic rings. The third-order valence-electron chi connectivity index (χ3n) is 3.21. The Hall–Kier alpha value is -2.80. The van der Waals surface area contributed by atoms with E-state index < -0.39 is 0 Å². The Morgan fingerprint density at radius 1 is 1.19 bits per heavy atom. The van der Waals surface area contributed by atoms with E-state index in [1.165, 1.54) is 6.92 Å². The highest BCUT2D eigenvalue weighted by Gasteiger charge is 2.10. The quantitative estimate of drug-likeness (QED) is 0.686. The van der Waals surface area contributed by atoms with Crippen molar-refractivity contribution >= 4 is 11.5 Å². The Labute approximate surface area is 123 Å². The van der Waals surface area contributed by atoms with Gasteiger partial charge < -0.3 is 10.5 Å². The molecule has 0 spiro atoms. The number of rotatable bonds is 3. The molecule has 0 unspecified atom stereocenters. The van der Waals surface area contributed by atoms with Crippen molar-refractivity contribution in [3.63, 3.8) is 0 Å². The summed E-state index contributed by atoms with van der Waals surface area (Å²) < 4.78 is 5.85. The van der Waals surface area contributed by atoms with Gasteiger partial charge in [-0.25, -0.2) is 0 Å². The first-order valence-corrected chi connectivity index (χ1v) is 6.52. The summed E-state index contributed by atoms with van der Waals surface area (Å²) in [6.45, 7) is 5.24. The SMILES string of the molecule is CC(=O)c1ccc(Oc2c(C)cc(C#N)cc2C)cc1N. The van der Waals surface area contributed by atoms with Crippen molar-refractivity contribution in [1.82, 2.24) is 0 Å². The monoisotopic (exact) mass is 280 g/mol. The number of nitrogens with zero attached hydrogens (tertiary/aromatic N) is 1. The first-order chi connectivity index (χ1) is 9.92. The maximum absolute atomic E-state index is 11.4. The summed E-state index contributed by atoms with van der Waals surface area (Å²) in [6.07, 6.45) is 0. The van der Waals surface area contributed by atoms with E-state index in [4.69, 9.17) is 15.7 Å². The Bertz CT molecular complexity index is 735. The predicted octanol–water partition coefficient (Wildman–Crippen LogP) is 3.75. The van der Waals surface area contributed by atoms with Gasteiger partial charge in [0.05, 0.1) is 11.6 Å². The Morgan fingerprint density at radius 2 is 1.81 bits per heavy atom. The smallest absolute Gasteiger partial charge is 0.161 e. The number of carbonyl (C=O) groups is 1. The van der Waals surface area contributed by atoms with Crippen molar-refractivity contribution in [2.45, 2.75) is 20.8 Å². The average molecular weight is 280 g/mol. The molecule has 0 amide bonds. The van der Waals surface area contributed by atoms with Crippen molar-refractivity contribution in [2.24, 2.45) is 0 Å². The van der Waals surface area contributed by atoms with E-state index in [0.717, 1.165) is 11.1 Å². The van der Waals surface area contributed by atoms with Gasteiger partial charge in [0.1, 0.15) is 11.5 Å². The zero-order chi connectivity index (χ0) is 15.6. The maximum atomic E-state index is 11.4. The third kappa shape index (κ3) is 3.03. The molecule has 0 saturated carbocycles. The fraction of sp³-hybridized carbons (Fsp3) is 0.176. The molecular weight excluding hydrogens is 264 g/mol. The van der Waals surface area contributed by atoms with Gasteiger partial charge in [0.15, 0.2) is 5.78 Å². The molecule has 2 N–H and O–H groups in total. The molecule has 2 rings (SSSR count). The number of benzene rings is 2. The number of hydrogen-bond acceptors (Lipinski definition) is 4. The highest BCUT2D eigenvalue weighted by Crippen LogP contribution is 2.31. The lowest BCUT2D eigenvalue weighted by Crippen LogP contribution is -2.00. The van der Waals surface area contributed by atoms with E-state index in [1.54, 1.807) is 30.3 Å². The number of hydrogen-bond donors (Lipinski definition) is 1. The number of nitrogens with two attached hydrogens (primary N) is 1. The van der Waals surface area contributed by atoms with Crippen LogP contribution in [0.5, 0.6) is 11.5 Å². The number of ether oxygens (including phenoxy) is 1. The molecular formula is C17H16N2O2. The van der Waals surface area contributed by atoms with Crippen molar-refractivity contribution in [1.29, 1.82) is 5.26 Å². The number of ketones is 1. The van der Waals surface area contributed by atoms with Crippen LogP contribution in [0, 0.1) is 25.2 Å². The van der Waals surface area contributed by atoms with Crippen molar-refractivity contribution in [2.75, 3.05) is 5.73 Å². The minimum Gasteiger partial charge on any atom is -0.457 e. The second-order valence-electron chi connectivity index (χ2n) is 4.96. The van der Waals surface area contributed by atoms with Crippen LogP contribution in [0.3, 0.4) is 0 Å². The Balaban J connectivity index is 2.37. The lowest BCUT2D eigenvalue weighted by Gasteiger charge is -2.13. The maximum Gasteiger partial charge on any atom is 0.161 e. The molecule has 0 aliphatic carbocycles. The van der Waals surface area contributed by atoms with E-state index in [9.17, 15) is 4.79 Å². The lowest BCUT2D eigenvalue weighted by molar-refractivity contribution is 0.101. The fourth-order valence-corrected chi connectivity index (χ4v) is 2.22. The molecule has 2 aromatic carbocycles. The third-order valence-corrected chi connectivity index (χ3v) is 3.21.